The lowest BCUT2D eigenvalue weighted by Crippen LogP contribution is -2.48. The van der Waals surface area contributed by atoms with E-state index in [4.69, 9.17) is 6.42 Å². The molecule has 1 aliphatic heterocycles. The van der Waals surface area contributed by atoms with Crippen molar-refractivity contribution in [1.82, 2.24) is 4.90 Å². The first-order chi connectivity index (χ1) is 9.13. The van der Waals surface area contributed by atoms with E-state index in [-0.39, 0.29) is 12.3 Å². The molecule has 1 N–H and O–H groups in total. The number of hydrogen-bond acceptors (Lipinski definition) is 2. The summed E-state index contributed by atoms with van der Waals surface area (Å²) in [5.74, 6) is 1.24. The number of terminal acetylenes is 1. The molecule has 2 rings (SSSR count). The third kappa shape index (κ3) is 2.76. The van der Waals surface area contributed by atoms with Gasteiger partial charge in [-0.05, 0) is 11.1 Å². The minimum atomic E-state index is -0.969. The van der Waals surface area contributed by atoms with Crippen LogP contribution in [0.3, 0.4) is 0 Å². The smallest absolute Gasteiger partial charge is 0.326 e. The molecule has 98 valence electrons. The van der Waals surface area contributed by atoms with Crippen LogP contribution in [0.15, 0.2) is 24.3 Å². The fourth-order valence-electron chi connectivity index (χ4n) is 2.33. The maximum atomic E-state index is 12.0. The van der Waals surface area contributed by atoms with Crippen LogP contribution in [0.5, 0.6) is 0 Å². The summed E-state index contributed by atoms with van der Waals surface area (Å²) < 4.78 is 0. The van der Waals surface area contributed by atoms with E-state index < -0.39 is 12.0 Å². The monoisotopic (exact) mass is 257 g/mol. The van der Waals surface area contributed by atoms with Gasteiger partial charge in [0.2, 0.25) is 5.91 Å². The van der Waals surface area contributed by atoms with Gasteiger partial charge < -0.3 is 10.0 Å². The van der Waals surface area contributed by atoms with Crippen LogP contribution in [0.4, 0.5) is 0 Å². The first-order valence-corrected chi connectivity index (χ1v) is 6.16. The SMILES string of the molecule is C#CCCC(=O)N1Cc2ccccc2CC1C(=O)O. The number of carbonyl (C=O) groups is 2. The molecular weight excluding hydrogens is 242 g/mol. The van der Waals surface area contributed by atoms with E-state index in [9.17, 15) is 14.7 Å². The number of amides is 1. The van der Waals surface area contributed by atoms with Crippen molar-refractivity contribution in [2.45, 2.75) is 31.8 Å². The van der Waals surface area contributed by atoms with Crippen LogP contribution in [0.1, 0.15) is 24.0 Å². The van der Waals surface area contributed by atoms with Crippen molar-refractivity contribution in [3.05, 3.63) is 35.4 Å². The van der Waals surface area contributed by atoms with Crippen LogP contribution in [-0.4, -0.2) is 27.9 Å². The summed E-state index contributed by atoms with van der Waals surface area (Å²) in [6.07, 6.45) is 6.03. The number of aliphatic carboxylic acids is 1. The van der Waals surface area contributed by atoms with E-state index >= 15 is 0 Å². The van der Waals surface area contributed by atoms with E-state index in [2.05, 4.69) is 5.92 Å². The molecule has 19 heavy (non-hydrogen) atoms. The molecule has 0 aromatic heterocycles. The molecule has 1 amide bonds. The Morgan fingerprint density at radius 2 is 2.05 bits per heavy atom. The van der Waals surface area contributed by atoms with Crippen molar-refractivity contribution in [2.24, 2.45) is 0 Å². The number of fused-ring (bicyclic) bond motifs is 1. The first kappa shape index (κ1) is 13.2. The Balaban J connectivity index is 2.24. The number of carboxylic acid groups (broad SMARTS) is 1. The zero-order chi connectivity index (χ0) is 13.8. The van der Waals surface area contributed by atoms with Gasteiger partial charge in [-0.3, -0.25) is 4.79 Å². The van der Waals surface area contributed by atoms with Crippen molar-refractivity contribution in [2.75, 3.05) is 0 Å². The molecule has 1 aromatic carbocycles. The molecule has 1 aliphatic rings. The third-order valence-electron chi connectivity index (χ3n) is 3.34. The number of hydrogen-bond donors (Lipinski definition) is 1. The largest absolute Gasteiger partial charge is 0.480 e. The van der Waals surface area contributed by atoms with E-state index in [1.807, 2.05) is 24.3 Å². The Labute approximate surface area is 112 Å². The molecule has 0 saturated heterocycles. The molecule has 0 spiro atoms. The van der Waals surface area contributed by atoms with Gasteiger partial charge in [0.15, 0.2) is 0 Å². The maximum Gasteiger partial charge on any atom is 0.326 e. The molecule has 0 bridgehead atoms. The fourth-order valence-corrected chi connectivity index (χ4v) is 2.33. The Morgan fingerprint density at radius 1 is 1.37 bits per heavy atom. The molecule has 1 heterocycles. The van der Waals surface area contributed by atoms with Gasteiger partial charge >= 0.3 is 5.97 Å². The second-order valence-corrected chi connectivity index (χ2v) is 4.55. The summed E-state index contributed by atoms with van der Waals surface area (Å²) in [4.78, 5) is 24.8. The van der Waals surface area contributed by atoms with Gasteiger partial charge in [0.1, 0.15) is 6.04 Å². The normalized spacial score (nSPS) is 17.4. The van der Waals surface area contributed by atoms with Gasteiger partial charge in [0.05, 0.1) is 0 Å². The molecule has 0 aliphatic carbocycles. The number of carboxylic acids is 1. The van der Waals surface area contributed by atoms with E-state index in [1.54, 1.807) is 0 Å². The molecule has 1 atom stereocenters. The average Bonchev–Trinajstić information content (AvgIpc) is 2.43. The maximum absolute atomic E-state index is 12.0. The van der Waals surface area contributed by atoms with E-state index in [0.717, 1.165) is 11.1 Å². The Bertz CT molecular complexity index is 545. The van der Waals surface area contributed by atoms with Crippen LogP contribution < -0.4 is 0 Å². The average molecular weight is 257 g/mol. The van der Waals surface area contributed by atoms with E-state index in [1.165, 1.54) is 4.90 Å². The Kier molecular flexibility index (Phi) is 3.86. The minimum Gasteiger partial charge on any atom is -0.480 e. The molecule has 1 unspecified atom stereocenters. The summed E-state index contributed by atoms with van der Waals surface area (Å²) in [6.45, 7) is 0.344. The topological polar surface area (TPSA) is 57.6 Å². The van der Waals surface area contributed by atoms with Crippen molar-refractivity contribution >= 4 is 11.9 Å². The molecular formula is C15H15NO3. The number of benzene rings is 1. The quantitative estimate of drug-likeness (QED) is 0.833. The summed E-state index contributed by atoms with van der Waals surface area (Å²) in [5, 5.41) is 9.27. The fraction of sp³-hybridized carbons (Fsp3) is 0.333. The van der Waals surface area contributed by atoms with Crippen LogP contribution >= 0.6 is 0 Å². The second kappa shape index (κ2) is 5.57. The second-order valence-electron chi connectivity index (χ2n) is 4.55. The summed E-state index contributed by atoms with van der Waals surface area (Å²) in [5.41, 5.74) is 2.00. The molecule has 0 saturated carbocycles. The standard InChI is InChI=1S/C15H15NO3/c1-2-3-8-14(17)16-10-12-7-5-4-6-11(12)9-13(16)15(18)19/h1,4-7,13H,3,8-10H2,(H,18,19). The van der Waals surface area contributed by atoms with Gasteiger partial charge in [0, 0.05) is 25.8 Å². The predicted octanol–water partition coefficient (Wildman–Crippen LogP) is 1.44. The summed E-state index contributed by atoms with van der Waals surface area (Å²) >= 11 is 0. The molecule has 0 radical (unpaired) electrons. The molecule has 0 fully saturated rings. The zero-order valence-corrected chi connectivity index (χ0v) is 10.5. The lowest BCUT2D eigenvalue weighted by Gasteiger charge is -2.34. The molecule has 4 heteroatoms. The zero-order valence-electron chi connectivity index (χ0n) is 10.5. The van der Waals surface area contributed by atoms with Gasteiger partial charge in [-0.15, -0.1) is 12.3 Å². The highest BCUT2D eigenvalue weighted by Crippen LogP contribution is 2.24. The van der Waals surface area contributed by atoms with Crippen LogP contribution in [0.25, 0.3) is 0 Å². The first-order valence-electron chi connectivity index (χ1n) is 6.16. The Hall–Kier alpha value is -2.28. The highest BCUT2D eigenvalue weighted by Gasteiger charge is 2.33. The predicted molar refractivity (Wildman–Crippen MR) is 70.2 cm³/mol. The van der Waals surface area contributed by atoms with Crippen LogP contribution in [0, 0.1) is 12.3 Å². The summed E-state index contributed by atoms with van der Waals surface area (Å²) in [6, 6.07) is 6.82. The number of carbonyl (C=O) groups excluding carboxylic acids is 1. The lowest BCUT2D eigenvalue weighted by molar-refractivity contribution is -0.151. The summed E-state index contributed by atoms with van der Waals surface area (Å²) in [7, 11) is 0. The van der Waals surface area contributed by atoms with Crippen molar-refractivity contribution in [3.63, 3.8) is 0 Å². The Morgan fingerprint density at radius 3 is 2.68 bits per heavy atom. The van der Waals surface area contributed by atoms with Crippen LogP contribution in [-0.2, 0) is 22.6 Å². The van der Waals surface area contributed by atoms with Crippen molar-refractivity contribution in [1.29, 1.82) is 0 Å². The lowest BCUT2D eigenvalue weighted by atomic mass is 9.93. The van der Waals surface area contributed by atoms with Crippen molar-refractivity contribution < 1.29 is 14.7 Å². The van der Waals surface area contributed by atoms with Gasteiger partial charge in [0.25, 0.3) is 0 Å². The molecule has 4 nitrogen and oxygen atoms in total. The van der Waals surface area contributed by atoms with Crippen molar-refractivity contribution in [3.8, 4) is 12.3 Å². The highest BCUT2D eigenvalue weighted by molar-refractivity contribution is 5.84. The van der Waals surface area contributed by atoms with E-state index in [0.29, 0.717) is 19.4 Å². The van der Waals surface area contributed by atoms with Gasteiger partial charge in [-0.2, -0.15) is 0 Å². The van der Waals surface area contributed by atoms with Gasteiger partial charge in [-0.1, -0.05) is 24.3 Å². The molecule has 1 aromatic rings. The van der Waals surface area contributed by atoms with Crippen LogP contribution in [0.2, 0.25) is 0 Å². The number of rotatable bonds is 3. The highest BCUT2D eigenvalue weighted by atomic mass is 16.4. The number of nitrogens with zero attached hydrogens (tertiary/aromatic N) is 1. The third-order valence-corrected chi connectivity index (χ3v) is 3.34. The van der Waals surface area contributed by atoms with Gasteiger partial charge in [-0.25, -0.2) is 4.79 Å². The minimum absolute atomic E-state index is 0.195.